The summed E-state index contributed by atoms with van der Waals surface area (Å²) in [7, 11) is -0.911. The van der Waals surface area contributed by atoms with Crippen molar-refractivity contribution >= 4 is 34.2 Å². The van der Waals surface area contributed by atoms with Crippen molar-refractivity contribution in [3.8, 4) is 0 Å². The fourth-order valence-corrected chi connectivity index (χ4v) is 3.08. The number of nitrogens with zero attached hydrogens (tertiary/aromatic N) is 2. The van der Waals surface area contributed by atoms with Crippen molar-refractivity contribution in [2.24, 2.45) is 5.73 Å². The number of rotatable bonds is 6. The Morgan fingerprint density at radius 1 is 1.38 bits per heavy atom. The predicted octanol–water partition coefficient (Wildman–Crippen LogP) is 1.86. The Kier molecular flexibility index (Phi) is 8.09. The van der Waals surface area contributed by atoms with E-state index in [0.29, 0.717) is 0 Å². The average Bonchev–Trinajstić information content (AvgIpc) is 2.40. The van der Waals surface area contributed by atoms with Crippen LogP contribution in [0.2, 0.25) is 5.02 Å². The number of nitrogens with two attached hydrogens (primary N) is 1. The highest BCUT2D eigenvalue weighted by atomic mass is 35.5. The van der Waals surface area contributed by atoms with E-state index >= 15 is 0 Å². The summed E-state index contributed by atoms with van der Waals surface area (Å²) in [5, 5.41) is 0.196. The van der Waals surface area contributed by atoms with Crippen molar-refractivity contribution in [1.82, 2.24) is 8.61 Å². The summed E-state index contributed by atoms with van der Waals surface area (Å²) in [5.41, 5.74) is 5.61. The molecule has 5 nitrogen and oxygen atoms in total. The molecule has 2 N–H and O–H groups in total. The third-order valence-corrected chi connectivity index (χ3v) is 5.52. The third-order valence-electron chi connectivity index (χ3n) is 3.16. The first-order valence-electron chi connectivity index (χ1n) is 6.04. The molecule has 9 heteroatoms. The van der Waals surface area contributed by atoms with Gasteiger partial charge in [0.05, 0.1) is 0 Å². The maximum Gasteiger partial charge on any atom is 0.282 e. The minimum absolute atomic E-state index is 0. The van der Waals surface area contributed by atoms with Gasteiger partial charge in [-0.05, 0) is 19.1 Å². The van der Waals surface area contributed by atoms with Gasteiger partial charge in [0.25, 0.3) is 10.2 Å². The van der Waals surface area contributed by atoms with Crippen LogP contribution < -0.4 is 5.73 Å². The molecule has 1 atom stereocenters. The third kappa shape index (κ3) is 4.77. The molecule has 0 fully saturated rings. The van der Waals surface area contributed by atoms with E-state index < -0.39 is 16.0 Å². The maximum atomic E-state index is 13.7. The molecule has 122 valence electrons. The first kappa shape index (κ1) is 20.6. The van der Waals surface area contributed by atoms with Gasteiger partial charge in [-0.25, -0.2) is 4.39 Å². The number of hydrogen-bond acceptors (Lipinski definition) is 3. The van der Waals surface area contributed by atoms with E-state index in [0.717, 1.165) is 8.61 Å². The van der Waals surface area contributed by atoms with Gasteiger partial charge in [-0.15, -0.1) is 12.4 Å². The van der Waals surface area contributed by atoms with E-state index in [9.17, 15) is 12.8 Å². The van der Waals surface area contributed by atoms with Crippen LogP contribution in [0.4, 0.5) is 4.39 Å². The van der Waals surface area contributed by atoms with Crippen LogP contribution in [-0.2, 0) is 16.8 Å². The quantitative estimate of drug-likeness (QED) is 0.842. The van der Waals surface area contributed by atoms with E-state index in [-0.39, 0.29) is 42.1 Å². The van der Waals surface area contributed by atoms with Crippen LogP contribution in [0.15, 0.2) is 18.2 Å². The summed E-state index contributed by atoms with van der Waals surface area (Å²) >= 11 is 5.90. The molecule has 0 bridgehead atoms. The van der Waals surface area contributed by atoms with Crippen LogP contribution in [0.1, 0.15) is 12.5 Å². The van der Waals surface area contributed by atoms with Crippen LogP contribution in [-0.4, -0.2) is 43.7 Å². The molecule has 0 heterocycles. The highest BCUT2D eigenvalue weighted by molar-refractivity contribution is 7.86. The SMILES string of the molecule is CC(CN)N(C)S(=O)(=O)N(C)Cc1c(F)cccc1Cl.Cl. The van der Waals surface area contributed by atoms with Gasteiger partial charge in [0.15, 0.2) is 0 Å². The van der Waals surface area contributed by atoms with E-state index in [1.807, 2.05) is 0 Å². The molecule has 0 aliphatic rings. The lowest BCUT2D eigenvalue weighted by Gasteiger charge is -2.28. The Labute approximate surface area is 136 Å². The van der Waals surface area contributed by atoms with Crippen LogP contribution in [0.3, 0.4) is 0 Å². The number of likely N-dealkylation sites (N-methyl/N-ethyl adjacent to an activating group) is 1. The summed E-state index contributed by atoms with van der Waals surface area (Å²) in [6, 6.07) is 3.89. The lowest BCUT2D eigenvalue weighted by molar-refractivity contribution is 0.344. The molecular weight excluding hydrogens is 340 g/mol. The molecule has 0 spiro atoms. The monoisotopic (exact) mass is 359 g/mol. The molecule has 1 unspecified atom stereocenters. The van der Waals surface area contributed by atoms with Crippen molar-refractivity contribution in [2.75, 3.05) is 20.6 Å². The number of benzene rings is 1. The standard InChI is InChI=1S/C12H19ClFN3O2S.ClH/c1-9(7-15)17(3)20(18,19)16(2)8-10-11(13)5-4-6-12(10)14;/h4-6,9H,7-8,15H2,1-3H3;1H. The van der Waals surface area contributed by atoms with Gasteiger partial charge in [-0.1, -0.05) is 17.7 Å². The zero-order valence-electron chi connectivity index (χ0n) is 12.1. The van der Waals surface area contributed by atoms with Gasteiger partial charge >= 0.3 is 0 Å². The highest BCUT2D eigenvalue weighted by Crippen LogP contribution is 2.22. The second-order valence-corrected chi connectivity index (χ2v) is 7.07. The average molecular weight is 360 g/mol. The zero-order chi connectivity index (χ0) is 15.5. The van der Waals surface area contributed by atoms with Crippen molar-refractivity contribution < 1.29 is 12.8 Å². The molecule has 0 aliphatic carbocycles. The summed E-state index contributed by atoms with van der Waals surface area (Å²) in [5.74, 6) is -0.533. The molecular formula is C12H20Cl2FN3O2S. The molecule has 0 amide bonds. The minimum atomic E-state index is -3.72. The van der Waals surface area contributed by atoms with Gasteiger partial charge in [0.1, 0.15) is 5.82 Å². The first-order valence-corrected chi connectivity index (χ1v) is 7.81. The van der Waals surface area contributed by atoms with Crippen molar-refractivity contribution in [3.63, 3.8) is 0 Å². The fraction of sp³-hybridized carbons (Fsp3) is 0.500. The zero-order valence-corrected chi connectivity index (χ0v) is 14.5. The molecule has 0 saturated carbocycles. The molecule has 1 aromatic carbocycles. The Bertz CT molecular complexity index is 551. The van der Waals surface area contributed by atoms with Crippen LogP contribution >= 0.6 is 24.0 Å². The van der Waals surface area contributed by atoms with Crippen LogP contribution in [0, 0.1) is 5.82 Å². The maximum absolute atomic E-state index is 13.7. The van der Waals surface area contributed by atoms with E-state index in [4.69, 9.17) is 17.3 Å². The first-order chi connectivity index (χ1) is 9.21. The predicted molar refractivity (Wildman–Crippen MR) is 85.3 cm³/mol. The summed E-state index contributed by atoms with van der Waals surface area (Å²) in [6.45, 7) is 1.75. The second-order valence-electron chi connectivity index (χ2n) is 4.56. The molecule has 0 saturated heterocycles. The lowest BCUT2D eigenvalue weighted by atomic mass is 10.2. The topological polar surface area (TPSA) is 66.6 Å². The van der Waals surface area contributed by atoms with Crippen LogP contribution in [0.25, 0.3) is 0 Å². The Hall–Kier alpha value is -0.440. The van der Waals surface area contributed by atoms with Gasteiger partial charge in [0, 0.05) is 43.8 Å². The summed E-state index contributed by atoms with van der Waals surface area (Å²) in [6.07, 6.45) is 0. The normalized spacial score (nSPS) is 13.3. The molecule has 0 aromatic heterocycles. The lowest BCUT2D eigenvalue weighted by Crippen LogP contribution is -2.46. The Morgan fingerprint density at radius 2 is 1.95 bits per heavy atom. The fourth-order valence-electron chi connectivity index (χ4n) is 1.58. The van der Waals surface area contributed by atoms with Crippen molar-refractivity contribution in [3.05, 3.63) is 34.6 Å². The highest BCUT2D eigenvalue weighted by Gasteiger charge is 2.28. The van der Waals surface area contributed by atoms with Gasteiger partial charge in [-0.3, -0.25) is 0 Å². The Balaban J connectivity index is 0.00000400. The minimum Gasteiger partial charge on any atom is -0.329 e. The van der Waals surface area contributed by atoms with E-state index in [1.165, 1.54) is 32.3 Å². The molecule has 0 aliphatic heterocycles. The largest absolute Gasteiger partial charge is 0.329 e. The van der Waals surface area contributed by atoms with Crippen LogP contribution in [0.5, 0.6) is 0 Å². The van der Waals surface area contributed by atoms with E-state index in [2.05, 4.69) is 0 Å². The molecule has 1 rings (SSSR count). The summed E-state index contributed by atoms with van der Waals surface area (Å²) in [4.78, 5) is 0. The second kappa shape index (κ2) is 8.26. The molecule has 1 aromatic rings. The van der Waals surface area contributed by atoms with Crippen molar-refractivity contribution in [1.29, 1.82) is 0 Å². The van der Waals surface area contributed by atoms with Gasteiger partial charge in [0.2, 0.25) is 0 Å². The van der Waals surface area contributed by atoms with Gasteiger partial charge in [-0.2, -0.15) is 17.0 Å². The summed E-state index contributed by atoms with van der Waals surface area (Å²) < 4.78 is 40.5. The van der Waals surface area contributed by atoms with E-state index in [1.54, 1.807) is 6.92 Å². The van der Waals surface area contributed by atoms with Gasteiger partial charge < -0.3 is 5.73 Å². The van der Waals surface area contributed by atoms with Crippen molar-refractivity contribution in [2.45, 2.75) is 19.5 Å². The molecule has 21 heavy (non-hydrogen) atoms. The number of halogens is 3. The molecule has 0 radical (unpaired) electrons. The Morgan fingerprint density at radius 3 is 2.43 bits per heavy atom. The smallest absolute Gasteiger partial charge is 0.282 e. The number of hydrogen-bond donors (Lipinski definition) is 1.